The number of carbonyl (C=O) groups is 1. The molecule has 3 aromatic carbocycles. The number of nitrogens with zero attached hydrogens (tertiary/aromatic N) is 2. The molecule has 0 atom stereocenters. The van der Waals surface area contributed by atoms with E-state index in [4.69, 9.17) is 0 Å². The largest absolute Gasteiger partial charge is 0.545 e. The molecule has 0 spiro atoms. The van der Waals surface area contributed by atoms with Gasteiger partial charge in [0.1, 0.15) is 0 Å². The third-order valence-electron chi connectivity index (χ3n) is 3.93. The summed E-state index contributed by atoms with van der Waals surface area (Å²) in [5.41, 5.74) is 3.34. The number of aromatic carboxylic acids is 1. The molecule has 0 aliphatic carbocycles. The average molecular weight is 343 g/mol. The maximum absolute atomic E-state index is 10.8. The van der Waals surface area contributed by atoms with Gasteiger partial charge in [-0.3, -0.25) is 5.01 Å². The van der Waals surface area contributed by atoms with Crippen LogP contribution in [0.15, 0.2) is 90.0 Å². The number of benzene rings is 3. The van der Waals surface area contributed by atoms with E-state index in [1.54, 1.807) is 18.3 Å². The van der Waals surface area contributed by atoms with E-state index in [1.807, 2.05) is 41.4 Å². The Morgan fingerprint density at radius 2 is 1.31 bits per heavy atom. The summed E-state index contributed by atoms with van der Waals surface area (Å²) in [5, 5.41) is 17.4. The Hall–Kier alpha value is -3.40. The molecule has 4 nitrogen and oxygen atoms in total. The molecule has 0 aromatic heterocycles. The van der Waals surface area contributed by atoms with Crippen molar-refractivity contribution in [1.82, 2.24) is 5.01 Å². The lowest BCUT2D eigenvalue weighted by molar-refractivity contribution is -0.255. The van der Waals surface area contributed by atoms with Crippen LogP contribution < -0.4 is 5.11 Å². The minimum absolute atomic E-state index is 0.160. The highest BCUT2D eigenvalue weighted by molar-refractivity contribution is 5.87. The number of hydrogen-bond donors (Lipinski definition) is 0. The van der Waals surface area contributed by atoms with Crippen LogP contribution in [-0.2, 0) is 13.1 Å². The first-order valence-electron chi connectivity index (χ1n) is 8.39. The van der Waals surface area contributed by atoms with E-state index in [9.17, 15) is 9.90 Å². The zero-order chi connectivity index (χ0) is 18.2. The van der Waals surface area contributed by atoms with Crippen LogP contribution in [0.25, 0.3) is 0 Å². The minimum atomic E-state index is -1.18. The van der Waals surface area contributed by atoms with Crippen molar-refractivity contribution in [3.05, 3.63) is 107 Å². The summed E-state index contributed by atoms with van der Waals surface area (Å²) in [7, 11) is 0. The highest BCUT2D eigenvalue weighted by Crippen LogP contribution is 2.11. The molecule has 0 saturated heterocycles. The van der Waals surface area contributed by atoms with Gasteiger partial charge in [-0.15, -0.1) is 0 Å². The minimum Gasteiger partial charge on any atom is -0.545 e. The van der Waals surface area contributed by atoms with Crippen molar-refractivity contribution in [2.24, 2.45) is 5.10 Å². The summed E-state index contributed by atoms with van der Waals surface area (Å²) in [6, 6.07) is 26.8. The van der Waals surface area contributed by atoms with Gasteiger partial charge in [0, 0.05) is 0 Å². The first kappa shape index (κ1) is 17.4. The number of carbonyl (C=O) groups excluding carboxylic acids is 1. The molecular formula is C22H19N2O2-. The first-order valence-corrected chi connectivity index (χ1v) is 8.39. The van der Waals surface area contributed by atoms with Gasteiger partial charge in [0.2, 0.25) is 0 Å². The monoisotopic (exact) mass is 343 g/mol. The second kappa shape index (κ2) is 8.62. The standard InChI is InChI=1S/C22H20N2O2/c25-22(26)21-13-11-18(12-14-21)15-23-24(16-19-7-3-1-4-8-19)17-20-9-5-2-6-10-20/h1-15H,16-17H2,(H,25,26)/p-1/b23-15-. The predicted octanol–water partition coefficient (Wildman–Crippen LogP) is 3.09. The van der Waals surface area contributed by atoms with Gasteiger partial charge in [-0.05, 0) is 22.3 Å². The van der Waals surface area contributed by atoms with E-state index in [1.165, 1.54) is 23.3 Å². The second-order valence-corrected chi connectivity index (χ2v) is 5.95. The Balaban J connectivity index is 1.76. The van der Waals surface area contributed by atoms with Gasteiger partial charge >= 0.3 is 0 Å². The smallest absolute Gasteiger partial charge is 0.0715 e. The molecule has 0 N–H and O–H groups in total. The summed E-state index contributed by atoms with van der Waals surface area (Å²) in [4.78, 5) is 10.8. The Morgan fingerprint density at radius 3 is 1.77 bits per heavy atom. The highest BCUT2D eigenvalue weighted by atomic mass is 16.4. The second-order valence-electron chi connectivity index (χ2n) is 5.95. The van der Waals surface area contributed by atoms with Crippen molar-refractivity contribution in [3.8, 4) is 0 Å². The number of rotatable bonds is 7. The van der Waals surface area contributed by atoms with Crippen molar-refractivity contribution >= 4 is 12.2 Å². The van der Waals surface area contributed by atoms with Gasteiger partial charge < -0.3 is 9.90 Å². The molecule has 0 fully saturated rings. The van der Waals surface area contributed by atoms with Gasteiger partial charge in [0.05, 0.1) is 25.3 Å². The van der Waals surface area contributed by atoms with Crippen molar-refractivity contribution in [2.75, 3.05) is 0 Å². The van der Waals surface area contributed by atoms with E-state index in [2.05, 4.69) is 29.4 Å². The molecule has 0 amide bonds. The van der Waals surface area contributed by atoms with Crippen molar-refractivity contribution in [1.29, 1.82) is 0 Å². The normalized spacial score (nSPS) is 10.8. The Morgan fingerprint density at radius 1 is 0.808 bits per heavy atom. The van der Waals surface area contributed by atoms with E-state index < -0.39 is 5.97 Å². The van der Waals surface area contributed by atoms with E-state index >= 15 is 0 Å². The third-order valence-corrected chi connectivity index (χ3v) is 3.93. The molecule has 0 heterocycles. The van der Waals surface area contributed by atoms with Crippen LogP contribution in [0, 0.1) is 0 Å². The predicted molar refractivity (Wildman–Crippen MR) is 100 cm³/mol. The maximum Gasteiger partial charge on any atom is 0.0715 e. The van der Waals surface area contributed by atoms with Crippen LogP contribution in [-0.4, -0.2) is 17.2 Å². The lowest BCUT2D eigenvalue weighted by Gasteiger charge is -2.19. The lowest BCUT2D eigenvalue weighted by Crippen LogP contribution is -2.22. The molecule has 4 heteroatoms. The average Bonchev–Trinajstić information content (AvgIpc) is 2.68. The van der Waals surface area contributed by atoms with Gasteiger partial charge in [-0.2, -0.15) is 5.10 Å². The van der Waals surface area contributed by atoms with Crippen molar-refractivity contribution in [3.63, 3.8) is 0 Å². The van der Waals surface area contributed by atoms with Crippen LogP contribution in [0.5, 0.6) is 0 Å². The Kier molecular flexibility index (Phi) is 5.78. The first-order chi connectivity index (χ1) is 12.7. The fraction of sp³-hybridized carbons (Fsp3) is 0.0909. The molecule has 0 radical (unpaired) electrons. The molecule has 0 bridgehead atoms. The SMILES string of the molecule is O=C([O-])c1ccc(/C=N\N(Cc2ccccc2)Cc2ccccc2)cc1. The third kappa shape index (κ3) is 5.05. The molecule has 26 heavy (non-hydrogen) atoms. The highest BCUT2D eigenvalue weighted by Gasteiger charge is 2.04. The van der Waals surface area contributed by atoms with Crippen molar-refractivity contribution < 1.29 is 9.90 Å². The summed E-state index contributed by atoms with van der Waals surface area (Å²) >= 11 is 0. The quantitative estimate of drug-likeness (QED) is 0.489. The van der Waals surface area contributed by atoms with Crippen LogP contribution in [0.3, 0.4) is 0 Å². The van der Waals surface area contributed by atoms with E-state index in [0.717, 1.165) is 5.56 Å². The Bertz CT molecular complexity index is 818. The van der Waals surface area contributed by atoms with Crippen LogP contribution >= 0.6 is 0 Å². The van der Waals surface area contributed by atoms with Gasteiger partial charge in [-0.25, -0.2) is 0 Å². The number of carboxylic acids is 1. The topological polar surface area (TPSA) is 55.7 Å². The number of carboxylic acid groups (broad SMARTS) is 1. The number of hydrogen-bond acceptors (Lipinski definition) is 4. The summed E-state index contributed by atoms with van der Waals surface area (Å²) < 4.78 is 0. The molecule has 0 saturated carbocycles. The molecule has 0 aliphatic heterocycles. The number of hydrazone groups is 1. The van der Waals surface area contributed by atoms with Crippen molar-refractivity contribution in [2.45, 2.75) is 13.1 Å². The summed E-state index contributed by atoms with van der Waals surface area (Å²) in [6.45, 7) is 1.37. The molecule has 130 valence electrons. The van der Waals surface area contributed by atoms with E-state index in [0.29, 0.717) is 13.1 Å². The lowest BCUT2D eigenvalue weighted by atomic mass is 10.1. The summed E-state index contributed by atoms with van der Waals surface area (Å²) in [5.74, 6) is -1.18. The van der Waals surface area contributed by atoms with Gasteiger partial charge in [-0.1, -0.05) is 84.9 Å². The fourth-order valence-corrected chi connectivity index (χ4v) is 2.58. The zero-order valence-corrected chi connectivity index (χ0v) is 14.3. The molecule has 0 aliphatic rings. The molecule has 0 unspecified atom stereocenters. The molecule has 3 rings (SSSR count). The van der Waals surface area contributed by atoms with Crippen LogP contribution in [0.2, 0.25) is 0 Å². The molecule has 3 aromatic rings. The Labute approximate surface area is 153 Å². The van der Waals surface area contributed by atoms with E-state index in [-0.39, 0.29) is 5.56 Å². The zero-order valence-electron chi connectivity index (χ0n) is 14.3. The fourth-order valence-electron chi connectivity index (χ4n) is 2.58. The molecular weight excluding hydrogens is 324 g/mol. The van der Waals surface area contributed by atoms with Crippen LogP contribution in [0.1, 0.15) is 27.0 Å². The van der Waals surface area contributed by atoms with Gasteiger partial charge in [0.15, 0.2) is 0 Å². The maximum atomic E-state index is 10.8. The summed E-state index contributed by atoms with van der Waals surface area (Å²) in [6.07, 6.45) is 1.74. The van der Waals surface area contributed by atoms with Crippen LogP contribution in [0.4, 0.5) is 0 Å². The van der Waals surface area contributed by atoms with Gasteiger partial charge in [0.25, 0.3) is 0 Å².